The van der Waals surface area contributed by atoms with Crippen LogP contribution >= 0.6 is 12.6 Å². The molecule has 0 rings (SSSR count). The van der Waals surface area contributed by atoms with Crippen molar-refractivity contribution in [3.8, 4) is 0 Å². The van der Waals surface area contributed by atoms with Crippen LogP contribution in [0.4, 0.5) is 0 Å². The molecule has 36 valence electrons. The Balaban J connectivity index is 2.99. The first-order chi connectivity index (χ1) is 2.81. The first-order valence-corrected chi connectivity index (χ1v) is 2.27. The first-order valence-electron chi connectivity index (χ1n) is 1.64. The van der Waals surface area contributed by atoms with Crippen LogP contribution in [0.3, 0.4) is 0 Å². The average Bonchev–Trinajstić information content (AvgIpc) is 1.65. The molecule has 0 spiro atoms. The average molecular weight is 104 g/mol. The Morgan fingerprint density at radius 3 is 2.50 bits per heavy atom. The molecule has 0 aliphatic rings. The topological polar surface area (TPSA) is 9.23 Å². The van der Waals surface area contributed by atoms with Crippen LogP contribution in [-0.4, -0.2) is 12.9 Å². The molecule has 0 radical (unpaired) electrons. The smallest absolute Gasteiger partial charge is 0.0980 e. The summed E-state index contributed by atoms with van der Waals surface area (Å²) >= 11 is 3.87. The second kappa shape index (κ2) is 3.09. The van der Waals surface area contributed by atoms with E-state index >= 15 is 0 Å². The van der Waals surface area contributed by atoms with E-state index in [1.165, 1.54) is 0 Å². The number of hydrogen-bond donors (Lipinski definition) is 1. The lowest BCUT2D eigenvalue weighted by atomic mass is 10.7. The van der Waals surface area contributed by atoms with E-state index in [-0.39, 0.29) is 0 Å². The molecule has 0 atom stereocenters. The molecule has 0 unspecified atom stereocenters. The fraction of sp³-hybridized carbons (Fsp3) is 0.500. The van der Waals surface area contributed by atoms with Gasteiger partial charge in [-0.2, -0.15) is 12.6 Å². The van der Waals surface area contributed by atoms with Crippen molar-refractivity contribution in [1.29, 1.82) is 0 Å². The molecular formula is C4H8OS. The Kier molecular flexibility index (Phi) is 3.04. The summed E-state index contributed by atoms with van der Waals surface area (Å²) in [5.41, 5.74) is 0. The van der Waals surface area contributed by atoms with Crippen LogP contribution in [0.5, 0.6) is 0 Å². The van der Waals surface area contributed by atoms with Crippen molar-refractivity contribution in [1.82, 2.24) is 0 Å². The van der Waals surface area contributed by atoms with Crippen molar-refractivity contribution in [2.75, 3.05) is 12.9 Å². The second-order valence-electron chi connectivity index (χ2n) is 0.901. The Hall–Kier alpha value is -0.110. The van der Waals surface area contributed by atoms with Crippen LogP contribution in [0.2, 0.25) is 0 Å². The Morgan fingerprint density at radius 1 is 2.00 bits per heavy atom. The molecule has 0 heterocycles. The summed E-state index contributed by atoms with van der Waals surface area (Å²) in [5, 5.41) is 0. The zero-order chi connectivity index (χ0) is 4.99. The molecule has 0 aliphatic heterocycles. The molecule has 0 amide bonds. The van der Waals surface area contributed by atoms with E-state index in [2.05, 4.69) is 23.9 Å². The normalized spacial score (nSPS) is 7.67. The van der Waals surface area contributed by atoms with Gasteiger partial charge in [0.25, 0.3) is 0 Å². The fourth-order valence-electron chi connectivity index (χ4n) is 0.0645. The minimum Gasteiger partial charge on any atom is -0.501 e. The number of methoxy groups -OCH3 is 1. The van der Waals surface area contributed by atoms with Crippen molar-refractivity contribution >= 4 is 12.6 Å². The van der Waals surface area contributed by atoms with Gasteiger partial charge in [0.2, 0.25) is 0 Å². The molecule has 0 saturated heterocycles. The van der Waals surface area contributed by atoms with E-state index in [9.17, 15) is 0 Å². The summed E-state index contributed by atoms with van der Waals surface area (Å²) in [6, 6.07) is 0. The molecule has 0 aromatic carbocycles. The van der Waals surface area contributed by atoms with Crippen LogP contribution in [0, 0.1) is 0 Å². The van der Waals surface area contributed by atoms with E-state index in [0.717, 1.165) is 0 Å². The van der Waals surface area contributed by atoms with Crippen LogP contribution in [0.25, 0.3) is 0 Å². The molecule has 0 aliphatic carbocycles. The van der Waals surface area contributed by atoms with Gasteiger partial charge in [-0.1, -0.05) is 6.58 Å². The number of rotatable bonds is 2. The van der Waals surface area contributed by atoms with Crippen molar-refractivity contribution in [3.63, 3.8) is 0 Å². The minimum atomic E-state index is 0.608. The standard InChI is InChI=1S/C4H8OS/c1-4(3-6)5-2/h6H,1,3H2,2H3. The van der Waals surface area contributed by atoms with E-state index in [0.29, 0.717) is 11.5 Å². The summed E-state index contributed by atoms with van der Waals surface area (Å²) in [4.78, 5) is 0. The van der Waals surface area contributed by atoms with Crippen molar-refractivity contribution < 1.29 is 4.74 Å². The maximum absolute atomic E-state index is 4.63. The molecule has 0 N–H and O–H groups in total. The Morgan fingerprint density at radius 2 is 2.50 bits per heavy atom. The highest BCUT2D eigenvalue weighted by Crippen LogP contribution is 1.89. The van der Waals surface area contributed by atoms with Gasteiger partial charge in [-0.3, -0.25) is 0 Å². The van der Waals surface area contributed by atoms with Crippen molar-refractivity contribution in [2.45, 2.75) is 0 Å². The van der Waals surface area contributed by atoms with Crippen LogP contribution in [0.1, 0.15) is 0 Å². The van der Waals surface area contributed by atoms with Gasteiger partial charge in [0.05, 0.1) is 12.9 Å². The number of ether oxygens (including phenoxy) is 1. The summed E-state index contributed by atoms with van der Waals surface area (Å²) < 4.78 is 4.63. The summed E-state index contributed by atoms with van der Waals surface area (Å²) in [6.45, 7) is 3.49. The molecule has 0 bridgehead atoms. The zero-order valence-corrected chi connectivity index (χ0v) is 4.66. The lowest BCUT2D eigenvalue weighted by molar-refractivity contribution is 0.298. The van der Waals surface area contributed by atoms with Crippen LogP contribution < -0.4 is 0 Å². The molecular weight excluding hydrogens is 96.1 g/mol. The Labute approximate surface area is 43.4 Å². The van der Waals surface area contributed by atoms with Gasteiger partial charge in [-0.25, -0.2) is 0 Å². The lowest BCUT2D eigenvalue weighted by Crippen LogP contribution is -1.81. The highest BCUT2D eigenvalue weighted by atomic mass is 32.1. The molecule has 0 aromatic heterocycles. The molecule has 0 saturated carbocycles. The molecule has 1 nitrogen and oxygen atoms in total. The molecule has 0 fully saturated rings. The van der Waals surface area contributed by atoms with Crippen LogP contribution in [-0.2, 0) is 4.74 Å². The molecule has 2 heteroatoms. The molecule has 6 heavy (non-hydrogen) atoms. The first kappa shape index (κ1) is 5.89. The summed E-state index contributed by atoms with van der Waals surface area (Å²) in [6.07, 6.45) is 0. The lowest BCUT2D eigenvalue weighted by Gasteiger charge is -1.94. The largest absolute Gasteiger partial charge is 0.501 e. The Bertz CT molecular complexity index is 45.5. The van der Waals surface area contributed by atoms with E-state index in [4.69, 9.17) is 0 Å². The van der Waals surface area contributed by atoms with Gasteiger partial charge in [0.1, 0.15) is 0 Å². The van der Waals surface area contributed by atoms with E-state index in [1.54, 1.807) is 7.11 Å². The summed E-state index contributed by atoms with van der Waals surface area (Å²) in [5.74, 6) is 1.31. The van der Waals surface area contributed by atoms with Crippen molar-refractivity contribution in [2.24, 2.45) is 0 Å². The predicted octanol–water partition coefficient (Wildman–Crippen LogP) is 1.08. The fourth-order valence-corrected chi connectivity index (χ4v) is 0.194. The highest BCUT2D eigenvalue weighted by Gasteiger charge is 1.78. The third-order valence-electron chi connectivity index (χ3n) is 0.465. The van der Waals surface area contributed by atoms with Gasteiger partial charge in [-0.15, -0.1) is 0 Å². The number of hydrogen-bond acceptors (Lipinski definition) is 2. The van der Waals surface area contributed by atoms with Gasteiger partial charge < -0.3 is 4.74 Å². The predicted molar refractivity (Wildman–Crippen MR) is 30.0 cm³/mol. The SMILES string of the molecule is C=C(CS)OC. The third-order valence-corrected chi connectivity index (χ3v) is 0.818. The minimum absolute atomic E-state index is 0.608. The summed E-state index contributed by atoms with van der Waals surface area (Å²) in [7, 11) is 1.58. The maximum Gasteiger partial charge on any atom is 0.0980 e. The van der Waals surface area contributed by atoms with Gasteiger partial charge >= 0.3 is 0 Å². The molecule has 0 aromatic rings. The maximum atomic E-state index is 4.63. The highest BCUT2D eigenvalue weighted by molar-refractivity contribution is 7.80. The third kappa shape index (κ3) is 2.15. The quantitative estimate of drug-likeness (QED) is 0.407. The van der Waals surface area contributed by atoms with E-state index < -0.39 is 0 Å². The monoisotopic (exact) mass is 104 g/mol. The number of thiol groups is 1. The van der Waals surface area contributed by atoms with Gasteiger partial charge in [-0.05, 0) is 0 Å². The van der Waals surface area contributed by atoms with E-state index in [1.807, 2.05) is 0 Å². The van der Waals surface area contributed by atoms with Crippen molar-refractivity contribution in [3.05, 3.63) is 12.3 Å². The second-order valence-corrected chi connectivity index (χ2v) is 1.22. The zero-order valence-electron chi connectivity index (χ0n) is 3.77. The van der Waals surface area contributed by atoms with Crippen LogP contribution in [0.15, 0.2) is 12.3 Å². The van der Waals surface area contributed by atoms with Gasteiger partial charge in [0.15, 0.2) is 0 Å². The van der Waals surface area contributed by atoms with Gasteiger partial charge in [0, 0.05) is 5.75 Å².